The van der Waals surface area contributed by atoms with Crippen LogP contribution in [0.4, 0.5) is 5.69 Å². The van der Waals surface area contributed by atoms with Gasteiger partial charge in [0.15, 0.2) is 12.3 Å². The number of nitrogens with zero attached hydrogens (tertiary/aromatic N) is 1. The topological polar surface area (TPSA) is 93.3 Å². The van der Waals surface area contributed by atoms with Crippen molar-refractivity contribution in [2.24, 2.45) is 0 Å². The van der Waals surface area contributed by atoms with Crippen molar-refractivity contribution < 1.29 is 19.1 Å². The number of benzene rings is 2. The molecule has 3 rings (SSSR count). The fraction of sp³-hybridized carbons (Fsp3) is 0.167. The number of amides is 1. The van der Waals surface area contributed by atoms with Crippen LogP contribution in [0.25, 0.3) is 10.9 Å². The first kappa shape index (κ1) is 16.5. The minimum atomic E-state index is -0.661. The molecule has 0 aliphatic rings. The van der Waals surface area contributed by atoms with E-state index in [0.717, 1.165) is 5.52 Å². The van der Waals surface area contributed by atoms with Crippen LogP contribution < -0.4 is 10.1 Å². The van der Waals surface area contributed by atoms with Gasteiger partial charge in [-0.2, -0.15) is 5.10 Å². The van der Waals surface area contributed by atoms with Crippen molar-refractivity contribution in [3.63, 3.8) is 0 Å². The number of nitrogens with one attached hydrogen (secondary N) is 2. The van der Waals surface area contributed by atoms with E-state index in [0.29, 0.717) is 23.4 Å². The molecular weight excluding hydrogens is 322 g/mol. The summed E-state index contributed by atoms with van der Waals surface area (Å²) in [6.07, 6.45) is 0. The number of esters is 1. The Morgan fingerprint density at radius 1 is 1.12 bits per heavy atom. The van der Waals surface area contributed by atoms with E-state index in [2.05, 4.69) is 15.5 Å². The van der Waals surface area contributed by atoms with Crippen molar-refractivity contribution in [3.8, 4) is 5.75 Å². The van der Waals surface area contributed by atoms with Crippen LogP contribution in [0.1, 0.15) is 17.4 Å². The lowest BCUT2D eigenvalue weighted by molar-refractivity contribution is -0.119. The molecule has 2 aromatic carbocycles. The van der Waals surface area contributed by atoms with Crippen molar-refractivity contribution in [1.29, 1.82) is 0 Å². The first-order chi connectivity index (χ1) is 12.2. The smallest absolute Gasteiger partial charge is 0.359 e. The third kappa shape index (κ3) is 3.77. The summed E-state index contributed by atoms with van der Waals surface area (Å²) in [6.45, 7) is 1.92. The fourth-order valence-electron chi connectivity index (χ4n) is 2.36. The van der Waals surface area contributed by atoms with Crippen LogP contribution >= 0.6 is 0 Å². The third-order valence-corrected chi connectivity index (χ3v) is 3.46. The minimum absolute atomic E-state index is 0.151. The Balaban J connectivity index is 1.62. The van der Waals surface area contributed by atoms with Gasteiger partial charge in [0, 0.05) is 5.39 Å². The van der Waals surface area contributed by atoms with Crippen LogP contribution in [-0.2, 0) is 9.53 Å². The molecule has 0 atom stereocenters. The highest BCUT2D eigenvalue weighted by atomic mass is 16.5. The molecule has 25 heavy (non-hydrogen) atoms. The average molecular weight is 339 g/mol. The van der Waals surface area contributed by atoms with Crippen molar-refractivity contribution >= 4 is 28.5 Å². The molecule has 0 fully saturated rings. The van der Waals surface area contributed by atoms with Crippen LogP contribution in [0.15, 0.2) is 48.5 Å². The normalized spacial score (nSPS) is 10.4. The predicted octanol–water partition coefficient (Wildman–Crippen LogP) is 2.76. The second-order valence-corrected chi connectivity index (χ2v) is 5.17. The van der Waals surface area contributed by atoms with Crippen molar-refractivity contribution in [2.45, 2.75) is 6.92 Å². The largest absolute Gasteiger partial charge is 0.492 e. The Bertz CT molecular complexity index is 904. The summed E-state index contributed by atoms with van der Waals surface area (Å²) in [5.41, 5.74) is 1.40. The van der Waals surface area contributed by atoms with Gasteiger partial charge >= 0.3 is 5.97 Å². The highest BCUT2D eigenvalue weighted by Crippen LogP contribution is 2.23. The van der Waals surface area contributed by atoms with Gasteiger partial charge in [-0.3, -0.25) is 9.89 Å². The van der Waals surface area contributed by atoms with Crippen LogP contribution in [0.2, 0.25) is 0 Å². The number of fused-ring (bicyclic) bond motifs is 1. The molecule has 1 amide bonds. The maximum atomic E-state index is 12.1. The van der Waals surface area contributed by atoms with Crippen molar-refractivity contribution in [1.82, 2.24) is 10.2 Å². The molecule has 0 unspecified atom stereocenters. The molecule has 7 nitrogen and oxygen atoms in total. The van der Waals surface area contributed by atoms with Gasteiger partial charge in [-0.1, -0.05) is 30.3 Å². The lowest BCUT2D eigenvalue weighted by Crippen LogP contribution is -2.21. The number of hydrogen-bond donors (Lipinski definition) is 2. The molecule has 0 aliphatic heterocycles. The van der Waals surface area contributed by atoms with Crippen molar-refractivity contribution in [2.75, 3.05) is 18.5 Å². The molecule has 0 radical (unpaired) electrons. The summed E-state index contributed by atoms with van der Waals surface area (Å²) in [5.74, 6) is -0.561. The Morgan fingerprint density at radius 2 is 1.88 bits per heavy atom. The molecule has 0 bridgehead atoms. The number of anilines is 1. The molecule has 0 saturated heterocycles. The van der Waals surface area contributed by atoms with E-state index in [1.807, 2.05) is 19.1 Å². The minimum Gasteiger partial charge on any atom is -0.492 e. The maximum Gasteiger partial charge on any atom is 0.359 e. The zero-order valence-electron chi connectivity index (χ0n) is 13.6. The average Bonchev–Trinajstić information content (AvgIpc) is 3.06. The Kier molecular flexibility index (Phi) is 4.94. The molecule has 128 valence electrons. The van der Waals surface area contributed by atoms with Gasteiger partial charge in [-0.15, -0.1) is 0 Å². The second kappa shape index (κ2) is 7.48. The molecular formula is C18H17N3O4. The molecule has 0 saturated carbocycles. The van der Waals surface area contributed by atoms with Gasteiger partial charge in [0.1, 0.15) is 5.75 Å². The highest BCUT2D eigenvalue weighted by molar-refractivity contribution is 6.03. The van der Waals surface area contributed by atoms with Gasteiger partial charge in [-0.25, -0.2) is 4.79 Å². The van der Waals surface area contributed by atoms with E-state index < -0.39 is 18.5 Å². The number of H-pyrrole nitrogens is 1. The molecule has 1 aromatic heterocycles. The van der Waals surface area contributed by atoms with Gasteiger partial charge in [-0.05, 0) is 25.1 Å². The summed E-state index contributed by atoms with van der Waals surface area (Å²) < 4.78 is 10.5. The first-order valence-corrected chi connectivity index (χ1v) is 7.81. The van der Waals surface area contributed by atoms with E-state index in [9.17, 15) is 9.59 Å². The highest BCUT2D eigenvalue weighted by Gasteiger charge is 2.17. The van der Waals surface area contributed by atoms with Gasteiger partial charge in [0.2, 0.25) is 0 Å². The number of carbonyl (C=O) groups is 2. The predicted molar refractivity (Wildman–Crippen MR) is 92.6 cm³/mol. The standard InChI is InChI=1S/C18H17N3O4/c1-2-24-15-10-6-5-9-14(15)19-16(22)11-25-18(23)17-12-7-3-4-8-13(12)20-21-17/h3-10H,2,11H2,1H3,(H,19,22)(H,20,21). The number of rotatable bonds is 6. The van der Waals surface area contributed by atoms with Gasteiger partial charge < -0.3 is 14.8 Å². The Labute approximate surface area is 143 Å². The summed E-state index contributed by atoms with van der Waals surface area (Å²) in [6, 6.07) is 14.2. The number of aromatic amines is 1. The van der Waals surface area contributed by atoms with E-state index >= 15 is 0 Å². The lowest BCUT2D eigenvalue weighted by atomic mass is 10.2. The fourth-order valence-corrected chi connectivity index (χ4v) is 2.36. The van der Waals surface area contributed by atoms with E-state index in [4.69, 9.17) is 9.47 Å². The quantitative estimate of drug-likeness (QED) is 0.674. The number of ether oxygens (including phenoxy) is 2. The van der Waals surface area contributed by atoms with E-state index in [-0.39, 0.29) is 5.69 Å². The number of hydrogen-bond acceptors (Lipinski definition) is 5. The molecule has 3 aromatic rings. The summed E-state index contributed by atoms with van der Waals surface area (Å²) in [5, 5.41) is 10.0. The lowest BCUT2D eigenvalue weighted by Gasteiger charge is -2.11. The monoisotopic (exact) mass is 339 g/mol. The Hall–Kier alpha value is -3.35. The first-order valence-electron chi connectivity index (χ1n) is 7.81. The summed E-state index contributed by atoms with van der Waals surface area (Å²) in [7, 11) is 0. The van der Waals surface area contributed by atoms with E-state index in [1.54, 1.807) is 36.4 Å². The Morgan fingerprint density at radius 3 is 2.72 bits per heavy atom. The van der Waals surface area contributed by atoms with Gasteiger partial charge in [0.05, 0.1) is 17.8 Å². The summed E-state index contributed by atoms with van der Waals surface area (Å²) >= 11 is 0. The van der Waals surface area contributed by atoms with E-state index in [1.165, 1.54) is 0 Å². The van der Waals surface area contributed by atoms with Crippen LogP contribution in [0.5, 0.6) is 5.75 Å². The molecule has 7 heteroatoms. The molecule has 2 N–H and O–H groups in total. The molecule has 1 heterocycles. The second-order valence-electron chi connectivity index (χ2n) is 5.17. The van der Waals surface area contributed by atoms with Crippen LogP contribution in [0, 0.1) is 0 Å². The van der Waals surface area contributed by atoms with Crippen LogP contribution in [-0.4, -0.2) is 35.3 Å². The number of carbonyl (C=O) groups excluding carboxylic acids is 2. The number of para-hydroxylation sites is 3. The van der Waals surface area contributed by atoms with Gasteiger partial charge in [0.25, 0.3) is 5.91 Å². The maximum absolute atomic E-state index is 12.1. The zero-order valence-corrected chi connectivity index (χ0v) is 13.6. The summed E-state index contributed by atoms with van der Waals surface area (Å²) in [4.78, 5) is 24.2. The molecule has 0 aliphatic carbocycles. The zero-order chi connectivity index (χ0) is 17.6. The van der Waals surface area contributed by atoms with Crippen LogP contribution in [0.3, 0.4) is 0 Å². The number of aromatic nitrogens is 2. The third-order valence-electron chi connectivity index (χ3n) is 3.46. The van der Waals surface area contributed by atoms with Crippen molar-refractivity contribution in [3.05, 3.63) is 54.2 Å². The molecule has 0 spiro atoms. The SMILES string of the molecule is CCOc1ccccc1NC(=O)COC(=O)c1n[nH]c2ccccc12.